The van der Waals surface area contributed by atoms with E-state index in [1.807, 2.05) is 4.90 Å². The molecule has 1 aliphatic carbocycles. The minimum atomic E-state index is -0.495. The van der Waals surface area contributed by atoms with E-state index in [0.717, 1.165) is 19.4 Å². The van der Waals surface area contributed by atoms with E-state index in [4.69, 9.17) is 9.47 Å². The predicted octanol–water partition coefficient (Wildman–Crippen LogP) is 3.16. The molecule has 1 aromatic carbocycles. The Morgan fingerprint density at radius 3 is 2.76 bits per heavy atom. The smallest absolute Gasteiger partial charge is 0.273 e. The Morgan fingerprint density at radius 1 is 1.24 bits per heavy atom. The molecule has 1 saturated carbocycles. The second-order valence-corrected chi connectivity index (χ2v) is 6.72. The summed E-state index contributed by atoms with van der Waals surface area (Å²) in [6.45, 7) is 0.649. The van der Waals surface area contributed by atoms with Gasteiger partial charge in [-0.1, -0.05) is 12.8 Å². The van der Waals surface area contributed by atoms with Crippen LogP contribution in [0.15, 0.2) is 18.2 Å². The van der Waals surface area contributed by atoms with E-state index in [1.165, 1.54) is 51.0 Å². The molecular weight excluding hydrogens is 324 g/mol. The lowest BCUT2D eigenvalue weighted by atomic mass is 9.78. The van der Waals surface area contributed by atoms with Crippen molar-refractivity contribution < 1.29 is 19.2 Å². The van der Waals surface area contributed by atoms with Crippen LogP contribution in [-0.4, -0.2) is 42.0 Å². The van der Waals surface area contributed by atoms with Gasteiger partial charge in [-0.3, -0.25) is 14.9 Å². The number of methoxy groups -OCH3 is 1. The molecular formula is C18H24N2O5. The molecule has 2 fully saturated rings. The molecule has 0 N–H and O–H groups in total. The van der Waals surface area contributed by atoms with Crippen LogP contribution in [0, 0.1) is 16.0 Å². The average Bonchev–Trinajstić information content (AvgIpc) is 2.65. The molecule has 1 aromatic rings. The van der Waals surface area contributed by atoms with Crippen molar-refractivity contribution >= 4 is 11.6 Å². The summed E-state index contributed by atoms with van der Waals surface area (Å²) in [7, 11) is 1.47. The van der Waals surface area contributed by atoms with Crippen LogP contribution in [0.5, 0.6) is 11.5 Å². The van der Waals surface area contributed by atoms with Crippen LogP contribution in [0.25, 0.3) is 0 Å². The molecule has 1 aliphatic heterocycles. The van der Waals surface area contributed by atoms with Crippen molar-refractivity contribution in [1.82, 2.24) is 4.90 Å². The number of carbonyl (C=O) groups excluding carboxylic acids is 1. The summed E-state index contributed by atoms with van der Waals surface area (Å²) in [6.07, 6.45) is 6.93. The minimum Gasteiger partial charge on any atom is -0.493 e. The number of nitrogens with zero attached hydrogens (tertiary/aromatic N) is 2. The highest BCUT2D eigenvalue weighted by molar-refractivity contribution is 5.78. The fourth-order valence-electron chi connectivity index (χ4n) is 4.05. The molecule has 25 heavy (non-hydrogen) atoms. The number of piperidine rings is 1. The Labute approximate surface area is 147 Å². The molecule has 1 amide bonds. The van der Waals surface area contributed by atoms with E-state index in [0.29, 0.717) is 17.7 Å². The van der Waals surface area contributed by atoms with Gasteiger partial charge in [0, 0.05) is 18.7 Å². The Morgan fingerprint density at radius 2 is 2.00 bits per heavy atom. The van der Waals surface area contributed by atoms with E-state index < -0.39 is 4.92 Å². The van der Waals surface area contributed by atoms with Gasteiger partial charge in [0.2, 0.25) is 0 Å². The first-order valence-corrected chi connectivity index (χ1v) is 8.85. The van der Waals surface area contributed by atoms with Gasteiger partial charge in [0.25, 0.3) is 11.6 Å². The molecule has 1 heterocycles. The molecule has 0 spiro atoms. The Balaban J connectivity index is 1.67. The number of ether oxygens (including phenoxy) is 2. The number of likely N-dealkylation sites (tertiary alicyclic amines) is 1. The van der Waals surface area contributed by atoms with E-state index in [2.05, 4.69) is 0 Å². The summed E-state index contributed by atoms with van der Waals surface area (Å²) in [6, 6.07) is 4.46. The van der Waals surface area contributed by atoms with Gasteiger partial charge >= 0.3 is 0 Å². The zero-order chi connectivity index (χ0) is 17.8. The Bertz CT molecular complexity index is 646. The van der Waals surface area contributed by atoms with Gasteiger partial charge in [-0.15, -0.1) is 0 Å². The van der Waals surface area contributed by atoms with Crippen molar-refractivity contribution in [3.63, 3.8) is 0 Å². The van der Waals surface area contributed by atoms with Gasteiger partial charge in [0.05, 0.1) is 18.1 Å². The third kappa shape index (κ3) is 3.86. The second-order valence-electron chi connectivity index (χ2n) is 6.72. The number of fused-ring (bicyclic) bond motifs is 1. The maximum absolute atomic E-state index is 12.7. The zero-order valence-electron chi connectivity index (χ0n) is 14.5. The topological polar surface area (TPSA) is 81.9 Å². The quantitative estimate of drug-likeness (QED) is 0.603. The van der Waals surface area contributed by atoms with Crippen LogP contribution >= 0.6 is 0 Å². The summed E-state index contributed by atoms with van der Waals surface area (Å²) in [5, 5.41) is 10.9. The number of rotatable bonds is 5. The maximum atomic E-state index is 12.7. The van der Waals surface area contributed by atoms with E-state index in [1.54, 1.807) is 0 Å². The number of amides is 1. The van der Waals surface area contributed by atoms with Crippen molar-refractivity contribution in [2.24, 2.45) is 5.92 Å². The zero-order valence-corrected chi connectivity index (χ0v) is 14.5. The first-order valence-electron chi connectivity index (χ1n) is 8.85. The monoisotopic (exact) mass is 348 g/mol. The minimum absolute atomic E-state index is 0.0508. The molecule has 0 unspecified atom stereocenters. The molecule has 1 saturated heterocycles. The molecule has 3 rings (SSSR count). The summed E-state index contributed by atoms with van der Waals surface area (Å²) in [5.41, 5.74) is -0.0893. The highest BCUT2D eigenvalue weighted by atomic mass is 16.6. The van der Waals surface area contributed by atoms with Crippen LogP contribution < -0.4 is 9.47 Å². The molecule has 0 radical (unpaired) electrons. The summed E-state index contributed by atoms with van der Waals surface area (Å²) in [5.74, 6) is 1.17. The average molecular weight is 348 g/mol. The standard InChI is InChI=1S/C18H24N2O5/c1-24-16-9-8-14(20(22)23)11-17(16)25-12-18(21)19-10-4-6-13-5-2-3-7-15(13)19/h8-9,11,13,15H,2-7,10,12H2,1H3/t13-,15+/m1/s1. The Hall–Kier alpha value is -2.31. The molecule has 7 nitrogen and oxygen atoms in total. The van der Waals surface area contributed by atoms with Crippen molar-refractivity contribution in [3.8, 4) is 11.5 Å². The van der Waals surface area contributed by atoms with Gasteiger partial charge in [-0.25, -0.2) is 0 Å². The largest absolute Gasteiger partial charge is 0.493 e. The highest BCUT2D eigenvalue weighted by Gasteiger charge is 2.35. The summed E-state index contributed by atoms with van der Waals surface area (Å²) in [4.78, 5) is 25.1. The summed E-state index contributed by atoms with van der Waals surface area (Å²) < 4.78 is 10.8. The number of hydrogen-bond donors (Lipinski definition) is 0. The molecule has 0 aromatic heterocycles. The predicted molar refractivity (Wildman–Crippen MR) is 91.8 cm³/mol. The number of nitro benzene ring substituents is 1. The number of benzene rings is 1. The molecule has 0 bridgehead atoms. The molecule has 2 aliphatic rings. The van der Waals surface area contributed by atoms with Gasteiger partial charge in [0.1, 0.15) is 0 Å². The van der Waals surface area contributed by atoms with Crippen molar-refractivity contribution in [2.45, 2.75) is 44.6 Å². The molecule has 7 heteroatoms. The Kier molecular flexibility index (Phi) is 5.40. The van der Waals surface area contributed by atoms with Gasteiger partial charge in [-0.05, 0) is 37.7 Å². The lowest BCUT2D eigenvalue weighted by molar-refractivity contribution is -0.385. The van der Waals surface area contributed by atoms with Crippen molar-refractivity contribution in [1.29, 1.82) is 0 Å². The van der Waals surface area contributed by atoms with E-state index in [-0.39, 0.29) is 24.0 Å². The van der Waals surface area contributed by atoms with Crippen LogP contribution in [0.3, 0.4) is 0 Å². The number of hydrogen-bond acceptors (Lipinski definition) is 5. The second kappa shape index (κ2) is 7.72. The fourth-order valence-corrected chi connectivity index (χ4v) is 4.05. The van der Waals surface area contributed by atoms with Gasteiger partial charge in [-0.2, -0.15) is 0 Å². The van der Waals surface area contributed by atoms with Crippen molar-refractivity contribution in [2.75, 3.05) is 20.3 Å². The normalized spacial score (nSPS) is 22.8. The third-order valence-corrected chi connectivity index (χ3v) is 5.27. The first-order chi connectivity index (χ1) is 12.1. The van der Waals surface area contributed by atoms with Crippen LogP contribution in [0.1, 0.15) is 38.5 Å². The van der Waals surface area contributed by atoms with Crippen LogP contribution in [0.4, 0.5) is 5.69 Å². The van der Waals surface area contributed by atoms with Crippen molar-refractivity contribution in [3.05, 3.63) is 28.3 Å². The van der Waals surface area contributed by atoms with E-state index >= 15 is 0 Å². The van der Waals surface area contributed by atoms with E-state index in [9.17, 15) is 14.9 Å². The fraction of sp³-hybridized carbons (Fsp3) is 0.611. The maximum Gasteiger partial charge on any atom is 0.273 e. The number of carbonyl (C=O) groups is 1. The lowest BCUT2D eigenvalue weighted by Gasteiger charge is -2.44. The van der Waals surface area contributed by atoms with Gasteiger partial charge < -0.3 is 14.4 Å². The first kappa shape index (κ1) is 17.5. The van der Waals surface area contributed by atoms with Crippen LogP contribution in [-0.2, 0) is 4.79 Å². The van der Waals surface area contributed by atoms with Gasteiger partial charge in [0.15, 0.2) is 18.1 Å². The number of non-ortho nitro benzene ring substituents is 1. The molecule has 136 valence electrons. The third-order valence-electron chi connectivity index (χ3n) is 5.27. The lowest BCUT2D eigenvalue weighted by Crippen LogP contribution is -2.51. The number of nitro groups is 1. The highest BCUT2D eigenvalue weighted by Crippen LogP contribution is 2.36. The SMILES string of the molecule is COc1ccc([N+](=O)[O-])cc1OCC(=O)N1CCC[C@H]2CCCC[C@@H]21. The summed E-state index contributed by atoms with van der Waals surface area (Å²) >= 11 is 0. The molecule has 2 atom stereocenters. The van der Waals surface area contributed by atoms with Crippen LogP contribution in [0.2, 0.25) is 0 Å².